The molecule has 2 aromatic rings. The first kappa shape index (κ1) is 14.3. The van der Waals surface area contributed by atoms with Gasteiger partial charge in [0.05, 0.1) is 10.7 Å². The summed E-state index contributed by atoms with van der Waals surface area (Å²) in [4.78, 5) is 19.0. The lowest BCUT2D eigenvalue weighted by molar-refractivity contribution is 0.611. The van der Waals surface area contributed by atoms with Gasteiger partial charge in [0.25, 0.3) is 5.56 Å². The molecule has 1 heterocycles. The van der Waals surface area contributed by atoms with Crippen molar-refractivity contribution in [2.24, 2.45) is 0 Å². The van der Waals surface area contributed by atoms with E-state index in [4.69, 9.17) is 11.6 Å². The van der Waals surface area contributed by atoms with Gasteiger partial charge < -0.3 is 4.98 Å². The SMILES string of the molecule is O=c1cc(C2CCCC2)nc(Cc2cccc(Cl)c2F)[nH]1. The van der Waals surface area contributed by atoms with E-state index in [9.17, 15) is 9.18 Å². The van der Waals surface area contributed by atoms with Crippen molar-refractivity contribution in [1.29, 1.82) is 0 Å². The number of benzene rings is 1. The fourth-order valence-corrected chi connectivity index (χ4v) is 3.10. The molecule has 0 spiro atoms. The first-order valence-electron chi connectivity index (χ1n) is 7.16. The molecule has 1 aromatic carbocycles. The molecule has 0 amide bonds. The Morgan fingerprint density at radius 3 is 2.86 bits per heavy atom. The molecule has 0 radical (unpaired) electrons. The highest BCUT2D eigenvalue weighted by Crippen LogP contribution is 2.32. The Kier molecular flexibility index (Phi) is 4.06. The van der Waals surface area contributed by atoms with E-state index in [0.717, 1.165) is 18.5 Å². The first-order valence-corrected chi connectivity index (χ1v) is 7.54. The van der Waals surface area contributed by atoms with Crippen LogP contribution < -0.4 is 5.56 Å². The second kappa shape index (κ2) is 5.98. The molecule has 5 heteroatoms. The molecule has 0 saturated heterocycles. The van der Waals surface area contributed by atoms with E-state index >= 15 is 0 Å². The number of hydrogen-bond donors (Lipinski definition) is 1. The average Bonchev–Trinajstić information content (AvgIpc) is 2.97. The number of nitrogens with zero attached hydrogens (tertiary/aromatic N) is 1. The zero-order chi connectivity index (χ0) is 14.8. The van der Waals surface area contributed by atoms with Crippen LogP contribution in [0.4, 0.5) is 4.39 Å². The molecule has 1 aromatic heterocycles. The van der Waals surface area contributed by atoms with E-state index < -0.39 is 5.82 Å². The van der Waals surface area contributed by atoms with Crippen LogP contribution in [0.5, 0.6) is 0 Å². The van der Waals surface area contributed by atoms with Crippen LogP contribution >= 0.6 is 11.6 Å². The van der Waals surface area contributed by atoms with Gasteiger partial charge in [0.1, 0.15) is 11.6 Å². The molecule has 1 fully saturated rings. The molecule has 1 N–H and O–H groups in total. The van der Waals surface area contributed by atoms with Crippen molar-refractivity contribution < 1.29 is 4.39 Å². The van der Waals surface area contributed by atoms with Crippen molar-refractivity contribution in [2.45, 2.75) is 38.0 Å². The fraction of sp³-hybridized carbons (Fsp3) is 0.375. The Bertz CT molecular complexity index is 708. The van der Waals surface area contributed by atoms with Gasteiger partial charge in [-0.05, 0) is 24.5 Å². The van der Waals surface area contributed by atoms with Crippen molar-refractivity contribution >= 4 is 11.6 Å². The first-order chi connectivity index (χ1) is 10.1. The second-order valence-corrected chi connectivity index (χ2v) is 5.90. The van der Waals surface area contributed by atoms with Crippen LogP contribution in [0.1, 0.15) is 48.7 Å². The zero-order valence-corrected chi connectivity index (χ0v) is 12.3. The topological polar surface area (TPSA) is 45.8 Å². The molecule has 3 rings (SSSR count). The van der Waals surface area contributed by atoms with E-state index in [2.05, 4.69) is 9.97 Å². The van der Waals surface area contributed by atoms with Crippen molar-refractivity contribution in [2.75, 3.05) is 0 Å². The van der Waals surface area contributed by atoms with Crippen LogP contribution in [-0.4, -0.2) is 9.97 Å². The average molecular weight is 307 g/mol. The Hall–Kier alpha value is -1.68. The maximum absolute atomic E-state index is 13.9. The number of H-pyrrole nitrogens is 1. The lowest BCUT2D eigenvalue weighted by Crippen LogP contribution is -2.15. The predicted octanol–water partition coefficient (Wildman–Crippen LogP) is 3.81. The zero-order valence-electron chi connectivity index (χ0n) is 11.5. The summed E-state index contributed by atoms with van der Waals surface area (Å²) in [7, 11) is 0. The maximum Gasteiger partial charge on any atom is 0.251 e. The number of aromatic amines is 1. The van der Waals surface area contributed by atoms with Gasteiger partial charge >= 0.3 is 0 Å². The predicted molar refractivity (Wildman–Crippen MR) is 80.3 cm³/mol. The minimum Gasteiger partial charge on any atom is -0.310 e. The monoisotopic (exact) mass is 306 g/mol. The third kappa shape index (κ3) is 3.16. The van der Waals surface area contributed by atoms with Gasteiger partial charge in [-0.15, -0.1) is 0 Å². The second-order valence-electron chi connectivity index (χ2n) is 5.49. The molecule has 0 atom stereocenters. The number of hydrogen-bond acceptors (Lipinski definition) is 2. The normalized spacial score (nSPS) is 15.5. The molecular weight excluding hydrogens is 291 g/mol. The standard InChI is InChI=1S/C16H16ClFN2O/c17-12-7-3-6-11(16(12)18)8-14-19-13(9-15(21)20-14)10-4-1-2-5-10/h3,6-7,9-10H,1-2,4-5,8H2,(H,19,20,21). The van der Waals surface area contributed by atoms with Gasteiger partial charge in [-0.1, -0.05) is 36.6 Å². The lowest BCUT2D eigenvalue weighted by Gasteiger charge is -2.10. The molecule has 0 unspecified atom stereocenters. The van der Waals surface area contributed by atoms with Gasteiger partial charge in [0.2, 0.25) is 0 Å². The van der Waals surface area contributed by atoms with Crippen LogP contribution in [0.15, 0.2) is 29.1 Å². The molecule has 3 nitrogen and oxygen atoms in total. The van der Waals surface area contributed by atoms with Crippen LogP contribution in [-0.2, 0) is 6.42 Å². The minimum absolute atomic E-state index is 0.0850. The lowest BCUT2D eigenvalue weighted by atomic mass is 10.0. The number of rotatable bonds is 3. The largest absolute Gasteiger partial charge is 0.310 e. The summed E-state index contributed by atoms with van der Waals surface area (Å²) in [6, 6.07) is 6.42. The Morgan fingerprint density at radius 1 is 1.33 bits per heavy atom. The van der Waals surface area contributed by atoms with Gasteiger partial charge in [-0.3, -0.25) is 4.79 Å². The number of nitrogens with one attached hydrogen (secondary N) is 1. The van der Waals surface area contributed by atoms with Crippen LogP contribution in [0.2, 0.25) is 5.02 Å². The molecular formula is C16H16ClFN2O. The van der Waals surface area contributed by atoms with Gasteiger partial charge in [0.15, 0.2) is 0 Å². The number of aromatic nitrogens is 2. The third-order valence-corrected chi connectivity index (χ3v) is 4.27. The maximum atomic E-state index is 13.9. The Balaban J connectivity index is 1.91. The highest BCUT2D eigenvalue weighted by atomic mass is 35.5. The molecule has 21 heavy (non-hydrogen) atoms. The summed E-state index contributed by atoms with van der Waals surface area (Å²) < 4.78 is 13.9. The molecule has 0 bridgehead atoms. The minimum atomic E-state index is -0.451. The third-order valence-electron chi connectivity index (χ3n) is 3.97. The highest BCUT2D eigenvalue weighted by Gasteiger charge is 2.19. The summed E-state index contributed by atoms with van der Waals surface area (Å²) in [5.74, 6) is 0.397. The van der Waals surface area contributed by atoms with Crippen molar-refractivity contribution in [3.8, 4) is 0 Å². The van der Waals surface area contributed by atoms with Gasteiger partial charge in [-0.2, -0.15) is 0 Å². The highest BCUT2D eigenvalue weighted by molar-refractivity contribution is 6.30. The quantitative estimate of drug-likeness (QED) is 0.937. The molecule has 1 saturated carbocycles. The van der Waals surface area contributed by atoms with E-state index in [1.165, 1.54) is 18.9 Å². The summed E-state index contributed by atoms with van der Waals surface area (Å²) in [5.41, 5.74) is 1.09. The fourth-order valence-electron chi connectivity index (χ4n) is 2.91. The van der Waals surface area contributed by atoms with E-state index in [1.54, 1.807) is 18.2 Å². The van der Waals surface area contributed by atoms with Crippen LogP contribution in [0.25, 0.3) is 0 Å². The van der Waals surface area contributed by atoms with Crippen LogP contribution in [0, 0.1) is 5.82 Å². The summed E-state index contributed by atoms with van der Waals surface area (Å²) in [6.45, 7) is 0. The number of halogens is 2. The van der Waals surface area contributed by atoms with Crippen LogP contribution in [0.3, 0.4) is 0 Å². The Morgan fingerprint density at radius 2 is 2.10 bits per heavy atom. The summed E-state index contributed by atoms with van der Waals surface area (Å²) in [5, 5.41) is 0.0850. The summed E-state index contributed by atoms with van der Waals surface area (Å²) >= 11 is 5.78. The smallest absolute Gasteiger partial charge is 0.251 e. The van der Waals surface area contributed by atoms with Crippen molar-refractivity contribution in [1.82, 2.24) is 9.97 Å². The van der Waals surface area contributed by atoms with Crippen molar-refractivity contribution in [3.05, 3.63) is 62.5 Å². The molecule has 1 aliphatic rings. The Labute approximate surface area is 127 Å². The van der Waals surface area contributed by atoms with E-state index in [1.807, 2.05) is 0 Å². The van der Waals surface area contributed by atoms with Crippen molar-refractivity contribution in [3.63, 3.8) is 0 Å². The molecule has 1 aliphatic carbocycles. The summed E-state index contributed by atoms with van der Waals surface area (Å²) in [6.07, 6.45) is 4.74. The van der Waals surface area contributed by atoms with Gasteiger partial charge in [-0.25, -0.2) is 9.37 Å². The van der Waals surface area contributed by atoms with Gasteiger partial charge in [0, 0.05) is 18.4 Å². The van der Waals surface area contributed by atoms with E-state index in [-0.39, 0.29) is 17.0 Å². The van der Waals surface area contributed by atoms with E-state index in [0.29, 0.717) is 17.3 Å². The molecule has 0 aliphatic heterocycles. The molecule has 110 valence electrons.